The highest BCUT2D eigenvalue weighted by atomic mass is 32.2. The second-order valence-electron chi connectivity index (χ2n) is 7.69. The molecule has 0 aromatic carbocycles. The molecule has 1 spiro atoms. The summed E-state index contributed by atoms with van der Waals surface area (Å²) in [4.78, 5) is 13.9. The van der Waals surface area contributed by atoms with Crippen LogP contribution >= 0.6 is 11.8 Å². The summed E-state index contributed by atoms with van der Waals surface area (Å²) >= 11 is 1.92. The largest absolute Gasteiger partial charge is 0.381 e. The fourth-order valence-electron chi connectivity index (χ4n) is 4.09. The average molecular weight is 343 g/mol. The van der Waals surface area contributed by atoms with E-state index in [9.17, 15) is 9.18 Å². The van der Waals surface area contributed by atoms with Gasteiger partial charge in [0.25, 0.3) is 5.91 Å². The Morgan fingerprint density at radius 3 is 2.70 bits per heavy atom. The molecular weight excluding hydrogens is 317 g/mol. The fraction of sp³-hybridized carbons (Fsp3) is 0.941. The van der Waals surface area contributed by atoms with E-state index in [1.54, 1.807) is 4.90 Å². The number of nitrogens with zero attached hydrogens (tertiary/aromatic N) is 1. The summed E-state index contributed by atoms with van der Waals surface area (Å²) in [5.41, 5.74) is -1.54. The minimum atomic E-state index is -1.54. The topological polar surface area (TPSA) is 38.8 Å². The molecule has 23 heavy (non-hydrogen) atoms. The van der Waals surface area contributed by atoms with Crippen LogP contribution < -0.4 is 0 Å². The van der Waals surface area contributed by atoms with E-state index in [0.717, 1.165) is 51.3 Å². The molecule has 0 bridgehead atoms. The van der Waals surface area contributed by atoms with Crippen LogP contribution in [0.4, 0.5) is 4.39 Å². The van der Waals surface area contributed by atoms with Crippen molar-refractivity contribution < 1.29 is 18.7 Å². The zero-order valence-corrected chi connectivity index (χ0v) is 14.4. The van der Waals surface area contributed by atoms with E-state index >= 15 is 0 Å². The van der Waals surface area contributed by atoms with E-state index in [0.29, 0.717) is 38.0 Å². The number of hydrogen-bond acceptors (Lipinski definition) is 4. The quantitative estimate of drug-likeness (QED) is 0.786. The lowest BCUT2D eigenvalue weighted by Gasteiger charge is -2.50. The molecule has 1 atom stereocenters. The summed E-state index contributed by atoms with van der Waals surface area (Å²) in [7, 11) is 0. The molecule has 6 heteroatoms. The standard InChI is InChI=1S/C17H26FNO3S/c18-17(4-1-5-17)15(20)19-11-16(12-19)8-14(10-23-16)22-9-13-2-6-21-7-3-13/h13-14H,1-12H2. The monoisotopic (exact) mass is 343 g/mol. The minimum Gasteiger partial charge on any atom is -0.381 e. The van der Waals surface area contributed by atoms with Crippen molar-refractivity contribution in [1.29, 1.82) is 0 Å². The molecule has 130 valence electrons. The maximum Gasteiger partial charge on any atom is 0.260 e. The Kier molecular flexibility index (Phi) is 4.35. The van der Waals surface area contributed by atoms with Gasteiger partial charge in [0.15, 0.2) is 5.67 Å². The summed E-state index contributed by atoms with van der Waals surface area (Å²) < 4.78 is 25.8. The first-order valence-corrected chi connectivity index (χ1v) is 9.89. The Morgan fingerprint density at radius 2 is 2.04 bits per heavy atom. The molecule has 4 nitrogen and oxygen atoms in total. The maximum absolute atomic E-state index is 14.2. The van der Waals surface area contributed by atoms with Crippen LogP contribution in [0, 0.1) is 5.92 Å². The average Bonchev–Trinajstić information content (AvgIpc) is 2.94. The molecule has 1 amide bonds. The summed E-state index contributed by atoms with van der Waals surface area (Å²) in [6, 6.07) is 0. The van der Waals surface area contributed by atoms with Crippen LogP contribution in [0.2, 0.25) is 0 Å². The van der Waals surface area contributed by atoms with E-state index in [1.807, 2.05) is 11.8 Å². The van der Waals surface area contributed by atoms with Crippen LogP contribution in [0.25, 0.3) is 0 Å². The Bertz CT molecular complexity index is 459. The number of ether oxygens (including phenoxy) is 2. The highest BCUT2D eigenvalue weighted by Crippen LogP contribution is 2.48. The lowest BCUT2D eigenvalue weighted by molar-refractivity contribution is -0.155. The molecular formula is C17H26FNO3S. The third-order valence-corrected chi connectivity index (χ3v) is 7.43. The van der Waals surface area contributed by atoms with Crippen molar-refractivity contribution in [2.45, 2.75) is 55.0 Å². The van der Waals surface area contributed by atoms with Crippen molar-refractivity contribution >= 4 is 17.7 Å². The van der Waals surface area contributed by atoms with Crippen LogP contribution in [0.5, 0.6) is 0 Å². The molecule has 0 aromatic rings. The van der Waals surface area contributed by atoms with Gasteiger partial charge in [-0.25, -0.2) is 4.39 Å². The van der Waals surface area contributed by atoms with Crippen molar-refractivity contribution in [1.82, 2.24) is 4.90 Å². The van der Waals surface area contributed by atoms with Crippen LogP contribution in [0.3, 0.4) is 0 Å². The third-order valence-electron chi connectivity index (χ3n) is 5.86. The SMILES string of the molecule is O=C(N1CC2(CC(OCC3CCOCC3)CS2)C1)C1(F)CCC1. The third kappa shape index (κ3) is 3.14. The van der Waals surface area contributed by atoms with Gasteiger partial charge < -0.3 is 14.4 Å². The van der Waals surface area contributed by atoms with Crippen LogP contribution in [0.1, 0.15) is 38.5 Å². The summed E-state index contributed by atoms with van der Waals surface area (Å²) in [6.07, 6.45) is 5.18. The smallest absolute Gasteiger partial charge is 0.260 e. The van der Waals surface area contributed by atoms with Gasteiger partial charge in [0.05, 0.1) is 10.9 Å². The van der Waals surface area contributed by atoms with E-state index < -0.39 is 5.67 Å². The van der Waals surface area contributed by atoms with Crippen molar-refractivity contribution in [3.05, 3.63) is 0 Å². The van der Waals surface area contributed by atoms with Crippen molar-refractivity contribution in [3.63, 3.8) is 0 Å². The van der Waals surface area contributed by atoms with E-state index in [-0.39, 0.29) is 10.7 Å². The molecule has 1 unspecified atom stereocenters. The number of halogens is 1. The zero-order valence-electron chi connectivity index (χ0n) is 13.6. The van der Waals surface area contributed by atoms with E-state index in [1.165, 1.54) is 0 Å². The van der Waals surface area contributed by atoms with Gasteiger partial charge in [-0.3, -0.25) is 4.79 Å². The van der Waals surface area contributed by atoms with Crippen molar-refractivity contribution in [2.75, 3.05) is 38.7 Å². The molecule has 3 saturated heterocycles. The Hall–Kier alpha value is -0.330. The van der Waals surface area contributed by atoms with Crippen LogP contribution in [0.15, 0.2) is 0 Å². The molecule has 0 aromatic heterocycles. The molecule has 1 saturated carbocycles. The first-order chi connectivity index (χ1) is 11.1. The number of hydrogen-bond donors (Lipinski definition) is 0. The Morgan fingerprint density at radius 1 is 1.30 bits per heavy atom. The highest BCUT2D eigenvalue weighted by Gasteiger charge is 2.56. The van der Waals surface area contributed by atoms with Gasteiger partial charge in [-0.1, -0.05) is 0 Å². The van der Waals surface area contributed by atoms with Gasteiger partial charge in [0.1, 0.15) is 0 Å². The van der Waals surface area contributed by atoms with Gasteiger partial charge >= 0.3 is 0 Å². The first kappa shape index (κ1) is 16.2. The number of carbonyl (C=O) groups excluding carboxylic acids is 1. The number of carbonyl (C=O) groups is 1. The fourth-order valence-corrected chi connectivity index (χ4v) is 5.64. The number of rotatable bonds is 4. The molecule has 4 fully saturated rings. The predicted octanol–water partition coefficient (Wildman–Crippen LogP) is 2.41. The normalized spacial score (nSPS) is 32.6. The second-order valence-corrected chi connectivity index (χ2v) is 9.18. The summed E-state index contributed by atoms with van der Waals surface area (Å²) in [6.45, 7) is 3.97. The van der Waals surface area contributed by atoms with Gasteiger partial charge in [0.2, 0.25) is 0 Å². The Labute approximate surface area is 141 Å². The molecule has 3 heterocycles. The molecule has 1 aliphatic carbocycles. The van der Waals surface area contributed by atoms with E-state index in [2.05, 4.69) is 0 Å². The Balaban J connectivity index is 1.21. The predicted molar refractivity (Wildman–Crippen MR) is 87.4 cm³/mol. The van der Waals surface area contributed by atoms with Crippen molar-refractivity contribution in [3.8, 4) is 0 Å². The number of thioether (sulfide) groups is 1. The molecule has 0 radical (unpaired) electrons. The van der Waals surface area contributed by atoms with Gasteiger partial charge in [-0.2, -0.15) is 0 Å². The van der Waals surface area contributed by atoms with E-state index in [4.69, 9.17) is 9.47 Å². The molecule has 4 rings (SSSR count). The van der Waals surface area contributed by atoms with Gasteiger partial charge in [0, 0.05) is 38.7 Å². The van der Waals surface area contributed by atoms with Crippen molar-refractivity contribution in [2.24, 2.45) is 5.92 Å². The lowest BCUT2D eigenvalue weighted by Crippen LogP contribution is -2.65. The summed E-state index contributed by atoms with van der Waals surface area (Å²) in [5, 5.41) is 0. The minimum absolute atomic E-state index is 0.135. The molecule has 0 N–H and O–H groups in total. The number of amides is 1. The van der Waals surface area contributed by atoms with Crippen LogP contribution in [-0.4, -0.2) is 66.0 Å². The van der Waals surface area contributed by atoms with Crippen LogP contribution in [-0.2, 0) is 14.3 Å². The summed E-state index contributed by atoms with van der Waals surface area (Å²) in [5.74, 6) is 1.38. The molecule has 4 aliphatic rings. The lowest BCUT2D eigenvalue weighted by atomic mass is 9.79. The second kappa shape index (κ2) is 6.19. The first-order valence-electron chi connectivity index (χ1n) is 8.90. The number of alkyl halides is 1. The number of likely N-dealkylation sites (tertiary alicyclic amines) is 1. The molecule has 3 aliphatic heterocycles. The zero-order chi connectivity index (χ0) is 15.9. The maximum atomic E-state index is 14.2. The highest BCUT2D eigenvalue weighted by molar-refractivity contribution is 8.01. The van der Waals surface area contributed by atoms with Gasteiger partial charge in [-0.15, -0.1) is 11.8 Å². The van der Waals surface area contributed by atoms with Gasteiger partial charge in [-0.05, 0) is 44.4 Å².